The number of nitrogens with zero attached hydrogens (tertiary/aromatic N) is 8. The maximum Gasteiger partial charge on any atom is 0 e. The smallest absolute Gasteiger partial charge is 0 e. The summed E-state index contributed by atoms with van der Waals surface area (Å²) in [6.45, 7) is 85.8. The van der Waals surface area contributed by atoms with Crippen LogP contribution < -0.4 is 0 Å². The van der Waals surface area contributed by atoms with Crippen molar-refractivity contribution in [3.63, 3.8) is 0 Å². The Morgan fingerprint density at radius 2 is 0.528 bits per heavy atom. The van der Waals surface area contributed by atoms with E-state index in [1.54, 1.807) is 13.8 Å². The van der Waals surface area contributed by atoms with Gasteiger partial charge in [-0.2, -0.15) is 0 Å². The molecule has 6 unspecified atom stereocenters. The first kappa shape index (κ1) is 157. The van der Waals surface area contributed by atoms with E-state index < -0.39 is 0 Å². The van der Waals surface area contributed by atoms with Crippen molar-refractivity contribution in [2.24, 2.45) is 159 Å². The summed E-state index contributed by atoms with van der Waals surface area (Å²) in [5.74, 6) is 18.8. The number of hydrogen-bond donors (Lipinski definition) is 0. The Kier molecular flexibility index (Phi) is 94.8. The van der Waals surface area contributed by atoms with Crippen molar-refractivity contribution >= 4 is 166 Å². The van der Waals surface area contributed by atoms with Crippen molar-refractivity contribution in [2.75, 3.05) is 0 Å². The molecule has 8 nitrogen and oxygen atoms in total. The minimum absolute atomic E-state index is 0. The maximum absolute atomic E-state index is 7.44. The molecular weight excluding hydrogens is 2610 g/mol. The molecule has 8 aliphatic carbocycles. The van der Waals surface area contributed by atoms with Crippen molar-refractivity contribution in [1.82, 2.24) is 0 Å². The Labute approximate surface area is 996 Å². The van der Waals surface area contributed by atoms with Crippen molar-refractivity contribution in [2.45, 2.75) is 426 Å². The van der Waals surface area contributed by atoms with Crippen molar-refractivity contribution in [3.8, 4) is 0 Å². The van der Waals surface area contributed by atoms with Gasteiger partial charge in [0.2, 0.25) is 0 Å². The molecule has 0 aromatic heterocycles. The van der Waals surface area contributed by atoms with Crippen molar-refractivity contribution < 1.29 is 122 Å². The molecule has 8 aliphatic rings. The number of halogens is 7. The average Bonchev–Trinajstić information content (AvgIpc) is 1.65. The van der Waals surface area contributed by atoms with E-state index in [4.69, 9.17) is 20.8 Å². The van der Waals surface area contributed by atoms with E-state index >= 15 is 0 Å². The number of benzene rings is 4. The predicted octanol–water partition coefficient (Wildman–Crippen LogP) is 43.0. The third-order valence-corrected chi connectivity index (χ3v) is 30.8. The van der Waals surface area contributed by atoms with E-state index in [9.17, 15) is 0 Å². The van der Waals surface area contributed by atoms with E-state index in [2.05, 4.69) is 491 Å². The number of rotatable bonds is 14. The largest absolute Gasteiger partial charge is 0 e. The topological polar surface area (TPSA) is 119 Å². The molecule has 0 radical (unpaired) electrons. The van der Waals surface area contributed by atoms with Crippen LogP contribution in [0.5, 0.6) is 0 Å². The molecule has 6 atom stereocenters. The summed E-state index contributed by atoms with van der Waals surface area (Å²) in [5.41, 5.74) is 16.5. The monoisotopic (exact) mass is 2800 g/mol. The summed E-state index contributed by atoms with van der Waals surface area (Å²) >= 11 is 21.0. The van der Waals surface area contributed by atoms with Crippen LogP contribution in [0.4, 0.5) is 22.7 Å². The van der Waals surface area contributed by atoms with Gasteiger partial charge in [-0.05, 0) is 344 Å². The van der Waals surface area contributed by atoms with E-state index in [1.165, 1.54) is 217 Å². The van der Waals surface area contributed by atoms with Crippen LogP contribution in [0.1, 0.15) is 432 Å². The molecule has 0 heterocycles. The molecule has 8 fully saturated rings. The molecule has 839 valence electrons. The summed E-state index contributed by atoms with van der Waals surface area (Å²) in [7, 11) is 6.99. The molecular formula is C119H201Br6ClFe4N8Ni2Pd2-. The second-order valence-corrected chi connectivity index (χ2v) is 63.6. The van der Waals surface area contributed by atoms with Gasteiger partial charge < -0.3 is 18.2 Å². The fourth-order valence-corrected chi connectivity index (χ4v) is 20.3. The molecule has 0 bridgehead atoms. The van der Waals surface area contributed by atoms with E-state index in [1.807, 2.05) is 0 Å². The Balaban J connectivity index is -0.000000290. The number of aryl methyl sites for hydroxylation is 4. The Morgan fingerprint density at radius 1 is 0.359 bits per heavy atom. The molecule has 23 heteroatoms. The summed E-state index contributed by atoms with van der Waals surface area (Å²) in [6, 6.07) is 26.1. The quantitative estimate of drug-likeness (QED) is 0.0679. The third kappa shape index (κ3) is 63.9. The number of para-hydroxylation sites is 4. The molecule has 0 saturated heterocycles. The SMILES string of the molecule is CC(C)(C)N=CC1CCCC1.CC(C)(C)N=CC1CCCC1.CC(C)c1cccc(C(C)C)c1N=CC1CC(C(C)(C)C)CC1C.CC(C)c1cccc(C(C)C)c1N=CC1CC(C(C)(C)C)CC1C.CC1C(C)C(C)C(C)C1C.CC1C(C)C(C)C(C)C1C.CC=[N-].CC=[N-].Cc1cccc(C)c1N=CC1CCCC1.Cc1cccc(C)c1N=CC1CCCC1.[Br][Ni+][Br].[Br][Ni][Br].[Br][Pd][Br].[CH3-].[Cl][Pd+].[Fe].[Fe].[Fe].[Fe]. The number of hydrogen-bond acceptors (Lipinski definition) is 6. The van der Waals surface area contributed by atoms with E-state index in [0.29, 0.717) is 60.3 Å². The second-order valence-electron chi connectivity index (χ2n) is 46.5. The Bertz CT molecular complexity index is 3590. The zero-order valence-corrected chi connectivity index (χ0v) is 115. The summed E-state index contributed by atoms with van der Waals surface area (Å²) in [5, 5.41) is 14.9. The van der Waals surface area contributed by atoms with Gasteiger partial charge >= 0.3 is 147 Å². The molecule has 142 heavy (non-hydrogen) atoms. The van der Waals surface area contributed by atoms with Crippen LogP contribution >= 0.6 is 93.3 Å². The molecule has 8 saturated carbocycles. The van der Waals surface area contributed by atoms with Gasteiger partial charge in [-0.1, -0.05) is 318 Å². The standard InChI is InChI=1S/2C23H37N.2C14H19N.2C10H19N.2C10H20.2C2H4N.CH3.6BrH.ClH.4Fe.2Ni.2Pd/c2*1-15(2)20-10-9-11-21(16(3)4)22(20)24-14-18-13-19(12-17(18)5)23(6,7)8;2*1-11-6-5-7-12(2)14(11)15-10-13-8-3-4-9-13;2*1-10(2,3)11-8-9-6-4-5-7-9;2*1-6-7(2)9(4)10(5)8(6)3;2*1-2-3;;;;;;;;;;;;;;;;/h2*9-11,14-19H,12-13H2,1-8H3;2*5-7,10,13H,3-4,8-9H2,1-2H3;2*8-9H,4-7H2,1-3H3;2*6-10H,1-5H3;2*2H,1H3;1H3;7*1H;;;;;;;;/q;;;;;;;;3*-1;;;;;;;;;;;;+2;+3;2*+2/p-7. The van der Waals surface area contributed by atoms with Crippen LogP contribution in [0.25, 0.3) is 10.8 Å². The molecule has 12 rings (SSSR count). The van der Waals surface area contributed by atoms with Gasteiger partial charge in [-0.25, -0.2) is 12.4 Å². The fourth-order valence-electron chi connectivity index (χ4n) is 20.3. The van der Waals surface area contributed by atoms with E-state index in [-0.39, 0.29) is 86.8 Å². The maximum atomic E-state index is 7.44. The van der Waals surface area contributed by atoms with Gasteiger partial charge in [0.15, 0.2) is 0 Å². The Hall–Kier alpha value is 1.80. The first-order chi connectivity index (χ1) is 64.1. The van der Waals surface area contributed by atoms with Crippen LogP contribution in [-0.2, 0) is 122 Å². The van der Waals surface area contributed by atoms with Gasteiger partial charge in [0.1, 0.15) is 0 Å². The van der Waals surface area contributed by atoms with Crippen LogP contribution in [0.15, 0.2) is 103 Å². The van der Waals surface area contributed by atoms with Crippen LogP contribution in [-0.4, -0.2) is 60.8 Å². The van der Waals surface area contributed by atoms with Gasteiger partial charge in [-0.3, -0.25) is 30.0 Å². The Morgan fingerprint density at radius 3 is 0.690 bits per heavy atom. The third-order valence-electron chi connectivity index (χ3n) is 30.8. The van der Waals surface area contributed by atoms with Gasteiger partial charge in [-0.15, -0.1) is 0 Å². The molecule has 0 amide bonds. The van der Waals surface area contributed by atoms with Gasteiger partial charge in [0, 0.05) is 106 Å². The van der Waals surface area contributed by atoms with Crippen molar-refractivity contribution in [3.05, 3.63) is 136 Å². The van der Waals surface area contributed by atoms with Crippen LogP contribution in [0, 0.1) is 164 Å². The summed E-state index contributed by atoms with van der Waals surface area (Å²) in [4.78, 5) is 28.5. The fraction of sp³-hybridized carbons (Fsp3) is 0.723. The summed E-state index contributed by atoms with van der Waals surface area (Å²) in [6.07, 6.45) is 42.4. The van der Waals surface area contributed by atoms with Gasteiger partial charge in [0.25, 0.3) is 0 Å². The molecule has 0 spiro atoms. The normalized spacial score (nSPS) is 24.2. The second kappa shape index (κ2) is 85.9. The zero-order valence-electron chi connectivity index (χ0n) is 95.4. The average molecular weight is 2810 g/mol. The molecule has 4 aromatic rings. The van der Waals surface area contributed by atoms with Crippen LogP contribution in [0.3, 0.4) is 0 Å². The molecule has 0 aliphatic heterocycles. The van der Waals surface area contributed by atoms with Crippen molar-refractivity contribution in [1.29, 1.82) is 0 Å². The van der Waals surface area contributed by atoms with Gasteiger partial charge in [0.05, 0.1) is 33.8 Å². The first-order valence-electron chi connectivity index (χ1n) is 52.2. The zero-order chi connectivity index (χ0) is 105. The molecule has 4 aromatic carbocycles. The predicted molar refractivity (Wildman–Crippen MR) is 635 cm³/mol. The van der Waals surface area contributed by atoms with E-state index in [0.717, 1.165) is 119 Å². The molecule has 0 N–H and O–H groups in total. The minimum Gasteiger partial charge on any atom is 0 e. The first-order valence-corrected chi connectivity index (χ1v) is 71.1. The van der Waals surface area contributed by atoms with Crippen LogP contribution in [0.2, 0.25) is 0 Å². The minimum atomic E-state index is 0. The summed E-state index contributed by atoms with van der Waals surface area (Å²) < 4.78 is 0. The number of aliphatic imine (C=N–C) groups is 6.